The molecule has 0 bridgehead atoms. The number of anilines is 3. The predicted molar refractivity (Wildman–Crippen MR) is 218 cm³/mol. The lowest BCUT2D eigenvalue weighted by molar-refractivity contribution is 0.669. The van der Waals surface area contributed by atoms with E-state index in [9.17, 15) is 0 Å². The van der Waals surface area contributed by atoms with Gasteiger partial charge in [-0.3, -0.25) is 0 Å². The van der Waals surface area contributed by atoms with Crippen LogP contribution in [0.25, 0.3) is 75.5 Å². The van der Waals surface area contributed by atoms with Crippen LogP contribution in [-0.2, 0) is 0 Å². The molecule has 2 heterocycles. The molecule has 10 rings (SSSR count). The first kappa shape index (κ1) is 29.5. The Hall–Kier alpha value is -6.42. The fraction of sp³-hybridized carbons (Fsp3) is 0. The highest BCUT2D eigenvalue weighted by molar-refractivity contribution is 7.26. The molecule has 10 aromatic rings. The molecule has 0 amide bonds. The predicted octanol–water partition coefficient (Wildman–Crippen LogP) is 14.4. The smallest absolute Gasteiger partial charge is 0.136 e. The fourth-order valence-corrected chi connectivity index (χ4v) is 8.63. The van der Waals surface area contributed by atoms with E-state index >= 15 is 0 Å². The van der Waals surface area contributed by atoms with E-state index < -0.39 is 0 Å². The molecule has 3 heteroatoms. The van der Waals surface area contributed by atoms with Crippen LogP contribution in [0.5, 0.6) is 0 Å². The number of hydrogen-bond acceptors (Lipinski definition) is 3. The van der Waals surface area contributed by atoms with E-state index in [1.807, 2.05) is 17.4 Å². The van der Waals surface area contributed by atoms with Crippen LogP contribution >= 0.6 is 11.3 Å². The number of hydrogen-bond donors (Lipinski definition) is 0. The molecular weight excluding hydrogens is 639 g/mol. The second-order valence-corrected chi connectivity index (χ2v) is 14.0. The number of rotatable bonds is 6. The topological polar surface area (TPSA) is 16.4 Å². The van der Waals surface area contributed by atoms with Gasteiger partial charge in [0, 0.05) is 48.0 Å². The van der Waals surface area contributed by atoms with Crippen molar-refractivity contribution in [3.63, 3.8) is 0 Å². The van der Waals surface area contributed by atoms with Gasteiger partial charge < -0.3 is 9.32 Å². The Morgan fingerprint density at radius 3 is 1.61 bits per heavy atom. The van der Waals surface area contributed by atoms with Gasteiger partial charge in [-0.05, 0) is 94.0 Å². The standard InChI is InChI=1S/C48H31NOS/c1-3-11-32(12-4-1)34-21-25-37(26-22-34)49(38-27-23-35(24-28-38)33-13-5-2-6-14-33)39-16-9-15-36(31-39)40-18-10-20-44-47(40)48-45(51-44)30-29-43-46(48)41-17-7-8-19-42(41)50-43/h1-31H. The average Bonchev–Trinajstić information content (AvgIpc) is 3.78. The number of fused-ring (bicyclic) bond motifs is 7. The van der Waals surface area contributed by atoms with Crippen molar-refractivity contribution in [3.8, 4) is 33.4 Å². The molecular formula is C48H31NOS. The number of furan rings is 1. The first-order valence-electron chi connectivity index (χ1n) is 17.3. The number of nitrogens with zero attached hydrogens (tertiary/aromatic N) is 1. The summed E-state index contributed by atoms with van der Waals surface area (Å²) in [5.41, 5.74) is 12.4. The SMILES string of the molecule is c1ccc(-c2ccc(N(c3ccc(-c4ccccc4)cc3)c3cccc(-c4cccc5sc6ccc7oc8ccccc8c7c6c45)c3)cc2)cc1. The minimum atomic E-state index is 0.922. The lowest BCUT2D eigenvalue weighted by atomic mass is 9.96. The first-order valence-corrected chi connectivity index (χ1v) is 18.1. The van der Waals surface area contributed by atoms with Crippen LogP contribution in [-0.4, -0.2) is 0 Å². The Labute approximate surface area is 300 Å². The number of thiophene rings is 1. The van der Waals surface area contributed by atoms with Crippen LogP contribution in [0.2, 0.25) is 0 Å². The zero-order valence-corrected chi connectivity index (χ0v) is 28.5. The lowest BCUT2D eigenvalue weighted by Crippen LogP contribution is -2.10. The largest absolute Gasteiger partial charge is 0.456 e. The third-order valence-electron chi connectivity index (χ3n) is 9.88. The molecule has 0 N–H and O–H groups in total. The molecule has 51 heavy (non-hydrogen) atoms. The number of benzene rings is 8. The van der Waals surface area contributed by atoms with Gasteiger partial charge in [-0.25, -0.2) is 0 Å². The molecule has 0 spiro atoms. The normalized spacial score (nSPS) is 11.5. The molecule has 0 unspecified atom stereocenters. The van der Waals surface area contributed by atoms with Gasteiger partial charge in [0.2, 0.25) is 0 Å². The molecule has 0 aliphatic rings. The molecule has 0 saturated carbocycles. The van der Waals surface area contributed by atoms with Crippen molar-refractivity contribution >= 4 is 70.5 Å². The molecule has 2 aromatic heterocycles. The Bertz CT molecular complexity index is 2750. The van der Waals surface area contributed by atoms with Crippen LogP contribution < -0.4 is 4.90 Å². The Balaban J connectivity index is 1.14. The maximum atomic E-state index is 6.34. The lowest BCUT2D eigenvalue weighted by Gasteiger charge is -2.26. The van der Waals surface area contributed by atoms with Crippen molar-refractivity contribution in [1.29, 1.82) is 0 Å². The molecule has 0 saturated heterocycles. The van der Waals surface area contributed by atoms with Gasteiger partial charge in [0.25, 0.3) is 0 Å². The van der Waals surface area contributed by atoms with E-state index in [1.54, 1.807) is 0 Å². The van der Waals surface area contributed by atoms with Gasteiger partial charge in [-0.1, -0.05) is 127 Å². The third-order valence-corrected chi connectivity index (χ3v) is 11.0. The summed E-state index contributed by atoms with van der Waals surface area (Å²) in [5.74, 6) is 0. The summed E-state index contributed by atoms with van der Waals surface area (Å²) in [6, 6.07) is 67.3. The fourth-order valence-electron chi connectivity index (χ4n) is 7.49. The quantitative estimate of drug-likeness (QED) is 0.175. The second-order valence-electron chi connectivity index (χ2n) is 12.9. The number of para-hydroxylation sites is 1. The van der Waals surface area contributed by atoms with Crippen molar-refractivity contribution in [2.75, 3.05) is 4.90 Å². The van der Waals surface area contributed by atoms with Crippen molar-refractivity contribution in [2.45, 2.75) is 0 Å². The summed E-state index contributed by atoms with van der Waals surface area (Å²) >= 11 is 1.85. The monoisotopic (exact) mass is 669 g/mol. The van der Waals surface area contributed by atoms with Gasteiger partial charge in [-0.15, -0.1) is 11.3 Å². The van der Waals surface area contributed by atoms with Crippen molar-refractivity contribution in [3.05, 3.63) is 188 Å². The van der Waals surface area contributed by atoms with Crippen LogP contribution in [0, 0.1) is 0 Å². The highest BCUT2D eigenvalue weighted by Crippen LogP contribution is 2.46. The molecule has 0 atom stereocenters. The Morgan fingerprint density at radius 1 is 0.353 bits per heavy atom. The maximum absolute atomic E-state index is 6.34. The second kappa shape index (κ2) is 12.2. The Kier molecular flexibility index (Phi) is 7.04. The van der Waals surface area contributed by atoms with Gasteiger partial charge in [0.1, 0.15) is 11.2 Å². The molecule has 240 valence electrons. The highest BCUT2D eigenvalue weighted by Gasteiger charge is 2.19. The summed E-state index contributed by atoms with van der Waals surface area (Å²) in [6.45, 7) is 0. The van der Waals surface area contributed by atoms with Gasteiger partial charge >= 0.3 is 0 Å². The molecule has 0 aliphatic heterocycles. The summed E-state index contributed by atoms with van der Waals surface area (Å²) < 4.78 is 8.89. The van der Waals surface area contributed by atoms with E-state index in [2.05, 4.69) is 187 Å². The van der Waals surface area contributed by atoms with Crippen LogP contribution in [0.3, 0.4) is 0 Å². The van der Waals surface area contributed by atoms with Crippen molar-refractivity contribution in [1.82, 2.24) is 0 Å². The van der Waals surface area contributed by atoms with E-state index in [0.29, 0.717) is 0 Å². The molecule has 2 nitrogen and oxygen atoms in total. The summed E-state index contributed by atoms with van der Waals surface area (Å²) in [5, 5.41) is 4.89. The minimum Gasteiger partial charge on any atom is -0.456 e. The Morgan fingerprint density at radius 2 is 0.922 bits per heavy atom. The van der Waals surface area contributed by atoms with Crippen LogP contribution in [0.1, 0.15) is 0 Å². The zero-order valence-electron chi connectivity index (χ0n) is 27.7. The van der Waals surface area contributed by atoms with Crippen LogP contribution in [0.15, 0.2) is 192 Å². The van der Waals surface area contributed by atoms with Crippen molar-refractivity contribution in [2.24, 2.45) is 0 Å². The third kappa shape index (κ3) is 5.10. The summed E-state index contributed by atoms with van der Waals surface area (Å²) in [4.78, 5) is 2.36. The highest BCUT2D eigenvalue weighted by atomic mass is 32.1. The molecule has 8 aromatic carbocycles. The van der Waals surface area contributed by atoms with Crippen molar-refractivity contribution < 1.29 is 4.42 Å². The van der Waals surface area contributed by atoms with Crippen LogP contribution in [0.4, 0.5) is 17.1 Å². The molecule has 0 fully saturated rings. The maximum Gasteiger partial charge on any atom is 0.136 e. The average molecular weight is 670 g/mol. The van der Waals surface area contributed by atoms with Gasteiger partial charge in [-0.2, -0.15) is 0 Å². The zero-order chi connectivity index (χ0) is 33.7. The van der Waals surface area contributed by atoms with E-state index in [1.165, 1.54) is 58.9 Å². The van der Waals surface area contributed by atoms with Gasteiger partial charge in [0.05, 0.1) is 0 Å². The van der Waals surface area contributed by atoms with Gasteiger partial charge in [0.15, 0.2) is 0 Å². The first-order chi connectivity index (χ1) is 25.3. The molecule has 0 radical (unpaired) electrons. The summed E-state index contributed by atoms with van der Waals surface area (Å²) in [7, 11) is 0. The minimum absolute atomic E-state index is 0.922. The van der Waals surface area contributed by atoms with E-state index in [0.717, 1.165) is 33.6 Å². The van der Waals surface area contributed by atoms with E-state index in [-0.39, 0.29) is 0 Å². The summed E-state index contributed by atoms with van der Waals surface area (Å²) in [6.07, 6.45) is 0. The molecule has 0 aliphatic carbocycles. The van der Waals surface area contributed by atoms with E-state index in [4.69, 9.17) is 4.42 Å².